The number of carboxylic acids is 2. The van der Waals surface area contributed by atoms with Crippen LogP contribution in [0, 0.1) is 0 Å². The van der Waals surface area contributed by atoms with Crippen molar-refractivity contribution in [3.8, 4) is 0 Å². The summed E-state index contributed by atoms with van der Waals surface area (Å²) in [6.07, 6.45) is 2.58. The molecule has 0 aliphatic rings. The van der Waals surface area contributed by atoms with Gasteiger partial charge in [-0.1, -0.05) is 36.4 Å². The number of carboxylic acid groups (broad SMARTS) is 2. The van der Waals surface area contributed by atoms with Gasteiger partial charge in [-0.25, -0.2) is 9.59 Å². The van der Waals surface area contributed by atoms with Crippen molar-refractivity contribution in [1.82, 2.24) is 0 Å². The Hall–Kier alpha value is -2.70. The predicted molar refractivity (Wildman–Crippen MR) is 94.8 cm³/mol. The first kappa shape index (κ1) is 22.3. The van der Waals surface area contributed by atoms with Gasteiger partial charge in [-0.3, -0.25) is 0 Å². The van der Waals surface area contributed by atoms with Crippen LogP contribution in [0.3, 0.4) is 0 Å². The van der Waals surface area contributed by atoms with Crippen molar-refractivity contribution in [3.05, 3.63) is 71.8 Å². The Bertz CT molecular complexity index is 530. The second kappa shape index (κ2) is 14.9. The normalized spacial score (nSPS) is 9.04. The Morgan fingerprint density at radius 2 is 0.920 bits per heavy atom. The molecule has 0 atom stereocenters. The van der Waals surface area contributed by atoms with E-state index in [-0.39, 0.29) is 13.2 Å². The number of hydrogen-bond donors (Lipinski definition) is 4. The van der Waals surface area contributed by atoms with E-state index < -0.39 is 11.9 Å². The molecule has 6 heteroatoms. The summed E-state index contributed by atoms with van der Waals surface area (Å²) >= 11 is 0. The topological polar surface area (TPSA) is 115 Å². The van der Waals surface area contributed by atoms with Crippen LogP contribution in [0.1, 0.15) is 40.0 Å². The highest BCUT2D eigenvalue weighted by atomic mass is 16.4. The zero-order valence-corrected chi connectivity index (χ0v) is 13.9. The third-order valence-electron chi connectivity index (χ3n) is 2.86. The van der Waals surface area contributed by atoms with E-state index in [0.29, 0.717) is 11.1 Å². The fourth-order valence-electron chi connectivity index (χ4n) is 1.56. The second-order valence-electron chi connectivity index (χ2n) is 4.85. The number of carbonyl (C=O) groups is 2. The Morgan fingerprint density at radius 3 is 1.12 bits per heavy atom. The maximum absolute atomic E-state index is 10.2. The van der Waals surface area contributed by atoms with E-state index in [0.717, 1.165) is 19.3 Å². The van der Waals surface area contributed by atoms with Gasteiger partial charge in [0.15, 0.2) is 0 Å². The lowest BCUT2D eigenvalue weighted by molar-refractivity contribution is 0.0686. The van der Waals surface area contributed by atoms with Gasteiger partial charge >= 0.3 is 11.9 Å². The number of rotatable bonds is 6. The van der Waals surface area contributed by atoms with Crippen LogP contribution in [0.25, 0.3) is 0 Å². The van der Waals surface area contributed by atoms with Crippen molar-refractivity contribution in [1.29, 1.82) is 0 Å². The summed E-state index contributed by atoms with van der Waals surface area (Å²) in [5.74, 6) is -1.76. The van der Waals surface area contributed by atoms with Crippen LogP contribution in [-0.4, -0.2) is 45.6 Å². The fraction of sp³-hybridized carbons (Fsp3) is 0.263. The molecule has 0 saturated carbocycles. The van der Waals surface area contributed by atoms with Gasteiger partial charge in [0.2, 0.25) is 0 Å². The monoisotopic (exact) mass is 348 g/mol. The molecule has 25 heavy (non-hydrogen) atoms. The van der Waals surface area contributed by atoms with Gasteiger partial charge in [0.05, 0.1) is 11.1 Å². The molecule has 0 fully saturated rings. The SMILES string of the molecule is O=C(O)c1ccccc1.O=C(O)c1ccccc1.OCCCCCO. The Kier molecular flexibility index (Phi) is 13.3. The minimum absolute atomic E-state index is 0.250. The highest BCUT2D eigenvalue weighted by molar-refractivity contribution is 5.87. The van der Waals surface area contributed by atoms with E-state index in [1.807, 2.05) is 0 Å². The largest absolute Gasteiger partial charge is 0.478 e. The Morgan fingerprint density at radius 1 is 0.600 bits per heavy atom. The van der Waals surface area contributed by atoms with E-state index >= 15 is 0 Å². The molecule has 2 aromatic carbocycles. The van der Waals surface area contributed by atoms with Crippen molar-refractivity contribution in [2.24, 2.45) is 0 Å². The molecule has 0 aromatic heterocycles. The smallest absolute Gasteiger partial charge is 0.335 e. The van der Waals surface area contributed by atoms with Gasteiger partial charge < -0.3 is 20.4 Å². The van der Waals surface area contributed by atoms with Crippen LogP contribution in [0.2, 0.25) is 0 Å². The van der Waals surface area contributed by atoms with Gasteiger partial charge in [-0.05, 0) is 43.5 Å². The number of unbranched alkanes of at least 4 members (excludes halogenated alkanes) is 2. The number of benzene rings is 2. The van der Waals surface area contributed by atoms with Gasteiger partial charge in [0.25, 0.3) is 0 Å². The van der Waals surface area contributed by atoms with Gasteiger partial charge in [0, 0.05) is 13.2 Å². The first-order valence-electron chi connectivity index (χ1n) is 7.81. The lowest BCUT2D eigenvalue weighted by Crippen LogP contribution is -1.93. The average Bonchev–Trinajstić information content (AvgIpc) is 2.65. The summed E-state index contributed by atoms with van der Waals surface area (Å²) in [6.45, 7) is 0.500. The first-order valence-corrected chi connectivity index (χ1v) is 7.81. The number of aromatic carboxylic acids is 2. The second-order valence-corrected chi connectivity index (χ2v) is 4.85. The summed E-state index contributed by atoms with van der Waals surface area (Å²) in [5.41, 5.74) is 0.662. The summed E-state index contributed by atoms with van der Waals surface area (Å²) in [4.78, 5) is 20.4. The van der Waals surface area contributed by atoms with Crippen LogP contribution in [0.15, 0.2) is 60.7 Å². The lowest BCUT2D eigenvalue weighted by Gasteiger charge is -1.90. The standard InChI is InChI=1S/2C7H6O2.C5H12O2/c2*8-7(9)6-4-2-1-3-5-6;6-4-2-1-3-5-7/h2*1-5H,(H,8,9);6-7H,1-5H2. The summed E-state index contributed by atoms with van der Waals surface area (Å²) < 4.78 is 0. The molecule has 0 bridgehead atoms. The van der Waals surface area contributed by atoms with E-state index in [9.17, 15) is 9.59 Å². The minimum atomic E-state index is -0.879. The average molecular weight is 348 g/mol. The van der Waals surface area contributed by atoms with Crippen LogP contribution >= 0.6 is 0 Å². The Labute approximate surface area is 147 Å². The molecule has 2 rings (SSSR count). The van der Waals surface area contributed by atoms with Crippen LogP contribution in [-0.2, 0) is 0 Å². The van der Waals surface area contributed by atoms with Crippen molar-refractivity contribution in [2.45, 2.75) is 19.3 Å². The molecule has 0 aliphatic heterocycles. The molecule has 2 aromatic rings. The number of hydrogen-bond acceptors (Lipinski definition) is 4. The summed E-state index contributed by atoms with van der Waals surface area (Å²) in [5, 5.41) is 33.2. The van der Waals surface area contributed by atoms with Crippen molar-refractivity contribution >= 4 is 11.9 Å². The molecule has 4 N–H and O–H groups in total. The lowest BCUT2D eigenvalue weighted by atomic mass is 10.2. The summed E-state index contributed by atoms with van der Waals surface area (Å²) in [7, 11) is 0. The molecule has 0 spiro atoms. The van der Waals surface area contributed by atoms with Gasteiger partial charge in [-0.15, -0.1) is 0 Å². The summed E-state index contributed by atoms with van der Waals surface area (Å²) in [6, 6.07) is 16.6. The first-order chi connectivity index (χ1) is 12.0. The molecule has 0 amide bonds. The Balaban J connectivity index is 0.000000350. The molecule has 0 heterocycles. The van der Waals surface area contributed by atoms with Gasteiger partial charge in [0.1, 0.15) is 0 Å². The van der Waals surface area contributed by atoms with E-state index in [2.05, 4.69) is 0 Å². The maximum atomic E-state index is 10.2. The molecule has 0 radical (unpaired) electrons. The van der Waals surface area contributed by atoms with Gasteiger partial charge in [-0.2, -0.15) is 0 Å². The highest BCUT2D eigenvalue weighted by Gasteiger charge is 1.97. The molecule has 0 saturated heterocycles. The van der Waals surface area contributed by atoms with E-state index in [4.69, 9.17) is 20.4 Å². The third-order valence-corrected chi connectivity index (χ3v) is 2.86. The predicted octanol–water partition coefficient (Wildman–Crippen LogP) is 2.91. The van der Waals surface area contributed by atoms with E-state index in [1.165, 1.54) is 0 Å². The van der Waals surface area contributed by atoms with Crippen LogP contribution in [0.5, 0.6) is 0 Å². The molecule has 0 unspecified atom stereocenters. The minimum Gasteiger partial charge on any atom is -0.478 e. The zero-order valence-electron chi connectivity index (χ0n) is 13.9. The van der Waals surface area contributed by atoms with E-state index in [1.54, 1.807) is 60.7 Å². The highest BCUT2D eigenvalue weighted by Crippen LogP contribution is 1.96. The molecular weight excluding hydrogens is 324 g/mol. The van der Waals surface area contributed by atoms with Crippen molar-refractivity contribution < 1.29 is 30.0 Å². The third kappa shape index (κ3) is 12.4. The van der Waals surface area contributed by atoms with Crippen molar-refractivity contribution in [3.63, 3.8) is 0 Å². The van der Waals surface area contributed by atoms with Crippen molar-refractivity contribution in [2.75, 3.05) is 13.2 Å². The van der Waals surface area contributed by atoms with Crippen LogP contribution in [0.4, 0.5) is 0 Å². The zero-order chi connectivity index (χ0) is 18.9. The molecule has 6 nitrogen and oxygen atoms in total. The molecule has 0 aliphatic carbocycles. The molecule has 136 valence electrons. The fourth-order valence-corrected chi connectivity index (χ4v) is 1.56. The van der Waals surface area contributed by atoms with Crippen LogP contribution < -0.4 is 0 Å². The molecular formula is C19H24O6. The number of aliphatic hydroxyl groups is 2. The maximum Gasteiger partial charge on any atom is 0.335 e. The quantitative estimate of drug-likeness (QED) is 0.597. The number of aliphatic hydroxyl groups excluding tert-OH is 2.